The highest BCUT2D eigenvalue weighted by Gasteiger charge is 2.36. The zero-order chi connectivity index (χ0) is 43.1. The molecule has 0 saturated heterocycles. The van der Waals surface area contributed by atoms with Gasteiger partial charge in [0.05, 0.1) is 29.1 Å². The largest absolute Gasteiger partial charge is 0.428 e. The minimum absolute atomic E-state index is 0.0176. The Bertz CT molecular complexity index is 2420. The van der Waals surface area contributed by atoms with E-state index < -0.39 is 68.5 Å². The van der Waals surface area contributed by atoms with Crippen LogP contribution in [0.25, 0.3) is 39.3 Å². The first-order valence-corrected chi connectivity index (χ1v) is 19.0. The van der Waals surface area contributed by atoms with Crippen LogP contribution in [0.2, 0.25) is 0 Å². The summed E-state index contributed by atoms with van der Waals surface area (Å²) < 4.78 is 30.4. The van der Waals surface area contributed by atoms with Crippen molar-refractivity contribution in [2.75, 3.05) is 20.4 Å². The van der Waals surface area contributed by atoms with Gasteiger partial charge < -0.3 is 38.4 Å². The van der Waals surface area contributed by atoms with Crippen molar-refractivity contribution in [3.8, 4) is 0 Å². The maximum absolute atomic E-state index is 14.0. The van der Waals surface area contributed by atoms with Gasteiger partial charge in [-0.25, -0.2) is 9.78 Å². The number of nitrogens with zero attached hydrogens (tertiary/aromatic N) is 2. The number of carbonyl (C=O) groups is 6. The van der Waals surface area contributed by atoms with Gasteiger partial charge >= 0.3 is 35.8 Å². The number of aromatic amines is 2. The Morgan fingerprint density at radius 3 is 1.93 bits per heavy atom. The van der Waals surface area contributed by atoms with Gasteiger partial charge in [-0.1, -0.05) is 26.5 Å². The highest BCUT2D eigenvalue weighted by molar-refractivity contribution is 6.25. The molecule has 0 aliphatic carbocycles. The Labute approximate surface area is 340 Å². The topological polar surface area (TPSA) is 215 Å². The molecule has 3 aromatic rings. The molecule has 16 nitrogen and oxygen atoms in total. The van der Waals surface area contributed by atoms with Crippen LogP contribution in [0.5, 0.6) is 0 Å². The second-order valence-corrected chi connectivity index (χ2v) is 14.1. The maximum Gasteiger partial charge on any atom is 0.343 e. The Hall–Kier alpha value is -6.58. The molecule has 0 unspecified atom stereocenters. The van der Waals surface area contributed by atoms with Crippen LogP contribution in [0.4, 0.5) is 0 Å². The number of aryl methyl sites for hydroxylation is 3. The summed E-state index contributed by atoms with van der Waals surface area (Å²) in [5.74, 6) is -5.26. The van der Waals surface area contributed by atoms with Crippen molar-refractivity contribution in [2.24, 2.45) is 0 Å². The quantitative estimate of drug-likeness (QED) is 0.101. The van der Waals surface area contributed by atoms with Gasteiger partial charge in [0.15, 0.2) is 0 Å². The second-order valence-electron chi connectivity index (χ2n) is 14.1. The molecule has 0 spiro atoms. The molecule has 2 N–H and O–H groups in total. The van der Waals surface area contributed by atoms with E-state index in [1.807, 2.05) is 45.9 Å². The molecule has 16 heteroatoms. The Balaban J connectivity index is 1.88. The number of rotatable bonds is 14. The van der Waals surface area contributed by atoms with E-state index in [1.54, 1.807) is 13.0 Å². The molecule has 0 amide bonds. The van der Waals surface area contributed by atoms with Crippen molar-refractivity contribution < 1.29 is 57.2 Å². The first-order chi connectivity index (χ1) is 28.0. The van der Waals surface area contributed by atoms with Crippen LogP contribution >= 0.6 is 0 Å². The molecule has 5 rings (SSSR count). The van der Waals surface area contributed by atoms with Crippen LogP contribution in [-0.4, -0.2) is 76.1 Å². The van der Waals surface area contributed by atoms with E-state index in [2.05, 4.69) is 16.5 Å². The summed E-state index contributed by atoms with van der Waals surface area (Å²) >= 11 is 0. The van der Waals surface area contributed by atoms with E-state index in [1.165, 1.54) is 20.8 Å². The summed E-state index contributed by atoms with van der Waals surface area (Å²) in [6.45, 7) is 15.3. The first-order valence-electron chi connectivity index (χ1n) is 19.0. The van der Waals surface area contributed by atoms with E-state index in [9.17, 15) is 28.8 Å². The minimum atomic E-state index is -0.888. The molecule has 0 fully saturated rings. The van der Waals surface area contributed by atoms with Gasteiger partial charge in [-0.3, -0.25) is 29.0 Å². The predicted molar refractivity (Wildman–Crippen MR) is 215 cm³/mol. The third-order valence-corrected chi connectivity index (χ3v) is 10.3. The number of H-pyrrole nitrogens is 2. The zero-order valence-electron chi connectivity index (χ0n) is 34.4. The molecule has 5 heterocycles. The average molecular weight is 813 g/mol. The van der Waals surface area contributed by atoms with Gasteiger partial charge in [-0.05, 0) is 74.1 Å². The molecule has 0 aromatic carbocycles. The lowest BCUT2D eigenvalue weighted by molar-refractivity contribution is -0.167. The van der Waals surface area contributed by atoms with E-state index in [4.69, 9.17) is 38.4 Å². The molecular formula is C43H48N4O12. The van der Waals surface area contributed by atoms with Crippen molar-refractivity contribution >= 4 is 75.1 Å². The molecule has 2 atom stereocenters. The monoisotopic (exact) mass is 812 g/mol. The number of allylic oxidation sites excluding steroid dienone is 1. The van der Waals surface area contributed by atoms with Crippen molar-refractivity contribution in [2.45, 2.75) is 92.9 Å². The molecular weight excluding hydrogens is 764 g/mol. The number of nitrogens with one attached hydrogen (secondary N) is 2. The average Bonchev–Trinajstić information content (AvgIpc) is 3.85. The van der Waals surface area contributed by atoms with Gasteiger partial charge in [0.25, 0.3) is 0 Å². The fourth-order valence-electron chi connectivity index (χ4n) is 7.22. The predicted octanol–water partition coefficient (Wildman–Crippen LogP) is 6.47. The van der Waals surface area contributed by atoms with Crippen molar-refractivity contribution in [1.29, 1.82) is 0 Å². The Morgan fingerprint density at radius 1 is 0.729 bits per heavy atom. The van der Waals surface area contributed by atoms with Gasteiger partial charge in [0, 0.05) is 77.9 Å². The van der Waals surface area contributed by atoms with Gasteiger partial charge in [0.1, 0.15) is 0 Å². The third kappa shape index (κ3) is 9.94. The van der Waals surface area contributed by atoms with E-state index >= 15 is 0 Å². The number of fused-ring (bicyclic) bond motifs is 8. The number of esters is 6. The lowest BCUT2D eigenvalue weighted by Gasteiger charge is -2.19. The second kappa shape index (κ2) is 18.8. The molecule has 2 aliphatic rings. The molecule has 3 aromatic heterocycles. The van der Waals surface area contributed by atoms with Crippen LogP contribution in [0.15, 0.2) is 24.8 Å². The number of hydrogen-bond donors (Lipinski definition) is 2. The van der Waals surface area contributed by atoms with Crippen LogP contribution in [0.1, 0.15) is 117 Å². The number of ether oxygens (including phenoxy) is 6. The first kappa shape index (κ1) is 43.5. The fourth-order valence-corrected chi connectivity index (χ4v) is 7.22. The highest BCUT2D eigenvalue weighted by Crippen LogP contribution is 2.44. The van der Waals surface area contributed by atoms with E-state index in [-0.39, 0.29) is 35.6 Å². The zero-order valence-corrected chi connectivity index (χ0v) is 34.4. The Kier molecular flexibility index (Phi) is 13.9. The summed E-state index contributed by atoms with van der Waals surface area (Å²) in [5.41, 5.74) is 8.84. The standard InChI is InChI=1S/C43H48N4O12/c1-10-28-21(3)32-15-34-23(5)30(12-13-38(51)57-18-54-25(7)48)41(46-34)31(14-39(52)58-19-55-26(8)49)42-40(43(53)59-20-56-27(9)50)24(6)35(47-42)17-37-29(11-2)22(4)33(45-37)16-36(28)44-32/h10,15-17,23,30,44-45H,1,11-14,18-20H2,2-9H3/t23-,30-/m0/s1. The maximum atomic E-state index is 14.0. The van der Waals surface area contributed by atoms with Gasteiger partial charge in [-0.15, -0.1) is 0 Å². The lowest BCUT2D eigenvalue weighted by atomic mass is 9.84. The molecule has 0 radical (unpaired) electrons. The highest BCUT2D eigenvalue weighted by atomic mass is 16.7. The fraction of sp³-hybridized carbons (Fsp3) is 0.395. The molecule has 8 bridgehead atoms. The third-order valence-electron chi connectivity index (χ3n) is 10.3. The van der Waals surface area contributed by atoms with E-state index in [0.717, 1.165) is 44.3 Å². The number of hydrogen-bond acceptors (Lipinski definition) is 14. The van der Waals surface area contributed by atoms with Crippen molar-refractivity contribution in [1.82, 2.24) is 19.9 Å². The SMILES string of the molecule is C=Cc1c(C)c2cc3nc(c(CC(=O)OCOC(C)=O)c4nc(cc5[nH]c(cc1[nH]2)c(C)c5CC)C(C)=C4C(=O)OCOC(C)=O)[C@@H](CCC(=O)OCOC(C)=O)[C@@H]3C. The smallest absolute Gasteiger partial charge is 0.343 e. The summed E-state index contributed by atoms with van der Waals surface area (Å²) in [6.07, 6.45) is 1.96. The van der Waals surface area contributed by atoms with Crippen LogP contribution in [0.3, 0.4) is 0 Å². The van der Waals surface area contributed by atoms with E-state index in [0.29, 0.717) is 29.1 Å². The van der Waals surface area contributed by atoms with Gasteiger partial charge in [-0.2, -0.15) is 0 Å². The minimum Gasteiger partial charge on any atom is -0.428 e. The molecule has 0 saturated carbocycles. The summed E-state index contributed by atoms with van der Waals surface area (Å²) in [6, 6.07) is 5.73. The molecule has 312 valence electrons. The van der Waals surface area contributed by atoms with Crippen molar-refractivity contribution in [3.63, 3.8) is 0 Å². The summed E-state index contributed by atoms with van der Waals surface area (Å²) in [7, 11) is 0. The molecule has 2 aliphatic heterocycles. The number of carbonyl (C=O) groups excluding carboxylic acids is 6. The normalized spacial score (nSPS) is 14.6. The lowest BCUT2D eigenvalue weighted by Crippen LogP contribution is -2.18. The summed E-state index contributed by atoms with van der Waals surface area (Å²) in [5, 5.41) is 0. The summed E-state index contributed by atoms with van der Waals surface area (Å²) in [4.78, 5) is 92.1. The Morgan fingerprint density at radius 2 is 1.32 bits per heavy atom. The molecule has 59 heavy (non-hydrogen) atoms. The van der Waals surface area contributed by atoms with Crippen LogP contribution < -0.4 is 0 Å². The van der Waals surface area contributed by atoms with Crippen LogP contribution in [-0.2, 0) is 70.0 Å². The van der Waals surface area contributed by atoms with Crippen molar-refractivity contribution in [3.05, 3.63) is 75.4 Å². The number of aromatic nitrogens is 4. The van der Waals surface area contributed by atoms with Crippen LogP contribution in [0, 0.1) is 13.8 Å². The van der Waals surface area contributed by atoms with Gasteiger partial charge in [0.2, 0.25) is 20.4 Å².